The fourth-order valence-corrected chi connectivity index (χ4v) is 4.16. The van der Waals surface area contributed by atoms with Gasteiger partial charge in [0.15, 0.2) is 0 Å². The Morgan fingerprint density at radius 1 is 1.13 bits per heavy atom. The lowest BCUT2D eigenvalue weighted by molar-refractivity contribution is -0.138. The predicted molar refractivity (Wildman–Crippen MR) is 87.2 cm³/mol. The summed E-state index contributed by atoms with van der Waals surface area (Å²) in [4.78, 5) is 15.0. The molecule has 124 valence electrons. The minimum Gasteiger partial charge on any atom is -0.342 e. The fourth-order valence-electron chi connectivity index (χ4n) is 4.16. The van der Waals surface area contributed by atoms with Crippen molar-refractivity contribution in [2.24, 2.45) is 17.1 Å². The summed E-state index contributed by atoms with van der Waals surface area (Å²) < 4.78 is 13.0. The molecular formula is C19H25FN2O. The van der Waals surface area contributed by atoms with Gasteiger partial charge in [0.05, 0.1) is 5.41 Å². The van der Waals surface area contributed by atoms with E-state index in [9.17, 15) is 9.18 Å². The number of hydrogen-bond donors (Lipinski definition) is 1. The first-order chi connectivity index (χ1) is 11.0. The molecule has 1 aromatic rings. The first-order valence-electron chi connectivity index (χ1n) is 8.84. The molecule has 1 heterocycles. The Kier molecular flexibility index (Phi) is 3.49. The van der Waals surface area contributed by atoms with Crippen molar-refractivity contribution in [1.29, 1.82) is 0 Å². The highest BCUT2D eigenvalue weighted by Gasteiger charge is 2.53. The molecule has 1 saturated heterocycles. The summed E-state index contributed by atoms with van der Waals surface area (Å²) >= 11 is 0. The Morgan fingerprint density at radius 3 is 2.26 bits per heavy atom. The van der Waals surface area contributed by atoms with Crippen LogP contribution in [0.15, 0.2) is 24.3 Å². The molecule has 4 heteroatoms. The summed E-state index contributed by atoms with van der Waals surface area (Å²) in [5.41, 5.74) is 7.25. The highest BCUT2D eigenvalue weighted by atomic mass is 19.1. The topological polar surface area (TPSA) is 46.3 Å². The second-order valence-electron chi connectivity index (χ2n) is 7.88. The van der Waals surface area contributed by atoms with Crippen LogP contribution in [-0.2, 0) is 11.2 Å². The van der Waals surface area contributed by atoms with Crippen molar-refractivity contribution in [3.63, 3.8) is 0 Å². The number of nitrogens with zero attached hydrogens (tertiary/aromatic N) is 1. The van der Waals surface area contributed by atoms with Crippen molar-refractivity contribution in [2.75, 3.05) is 13.1 Å². The Morgan fingerprint density at radius 2 is 1.74 bits per heavy atom. The second kappa shape index (κ2) is 5.30. The van der Waals surface area contributed by atoms with Gasteiger partial charge in [0.25, 0.3) is 0 Å². The lowest BCUT2D eigenvalue weighted by Crippen LogP contribution is -2.47. The van der Waals surface area contributed by atoms with Gasteiger partial charge in [-0.05, 0) is 68.6 Å². The molecule has 0 radical (unpaired) electrons. The second-order valence-corrected chi connectivity index (χ2v) is 7.88. The molecule has 0 unspecified atom stereocenters. The zero-order chi connectivity index (χ0) is 16.1. The molecular weight excluding hydrogens is 291 g/mol. The molecule has 3 fully saturated rings. The summed E-state index contributed by atoms with van der Waals surface area (Å²) in [6.45, 7) is 1.71. The van der Waals surface area contributed by atoms with Gasteiger partial charge in [0, 0.05) is 18.6 Å². The third-order valence-electron chi connectivity index (χ3n) is 6.19. The van der Waals surface area contributed by atoms with Gasteiger partial charge < -0.3 is 10.6 Å². The van der Waals surface area contributed by atoms with Crippen LogP contribution in [0.4, 0.5) is 4.39 Å². The van der Waals surface area contributed by atoms with Crippen LogP contribution in [-0.4, -0.2) is 29.4 Å². The number of nitrogens with two attached hydrogens (primary N) is 1. The van der Waals surface area contributed by atoms with E-state index in [1.54, 1.807) is 12.1 Å². The van der Waals surface area contributed by atoms with Gasteiger partial charge in [-0.3, -0.25) is 4.79 Å². The van der Waals surface area contributed by atoms with Crippen LogP contribution in [0.2, 0.25) is 0 Å². The molecule has 1 amide bonds. The highest BCUT2D eigenvalue weighted by molar-refractivity contribution is 5.85. The van der Waals surface area contributed by atoms with E-state index >= 15 is 0 Å². The van der Waals surface area contributed by atoms with Gasteiger partial charge in [-0.2, -0.15) is 0 Å². The van der Waals surface area contributed by atoms with Crippen molar-refractivity contribution < 1.29 is 9.18 Å². The zero-order valence-corrected chi connectivity index (χ0v) is 13.6. The predicted octanol–water partition coefficient (Wildman–Crippen LogP) is 2.88. The van der Waals surface area contributed by atoms with Crippen LogP contribution in [0.1, 0.15) is 44.1 Å². The van der Waals surface area contributed by atoms with Crippen LogP contribution < -0.4 is 5.73 Å². The van der Waals surface area contributed by atoms with Crippen LogP contribution in [0, 0.1) is 17.2 Å². The molecule has 1 aromatic carbocycles. The number of amides is 1. The van der Waals surface area contributed by atoms with E-state index in [1.165, 1.54) is 12.1 Å². The Bertz CT molecular complexity index is 596. The standard InChI is InChI=1S/C19H25FN2O/c20-16-3-1-14(2-4-16)13-18(7-8-18)17(23)22-11-5-15(6-12-22)19(21)9-10-19/h1-4,15H,5-13,21H2. The maximum absolute atomic E-state index is 13.0. The summed E-state index contributed by atoms with van der Waals surface area (Å²) in [6, 6.07) is 6.58. The van der Waals surface area contributed by atoms with Gasteiger partial charge in [0.1, 0.15) is 5.82 Å². The van der Waals surface area contributed by atoms with Crippen molar-refractivity contribution in [2.45, 2.75) is 50.5 Å². The Labute approximate surface area is 137 Å². The van der Waals surface area contributed by atoms with E-state index < -0.39 is 0 Å². The average molecular weight is 316 g/mol. The van der Waals surface area contributed by atoms with E-state index in [0.29, 0.717) is 11.8 Å². The highest BCUT2D eigenvalue weighted by Crippen LogP contribution is 2.51. The third-order valence-corrected chi connectivity index (χ3v) is 6.19. The van der Waals surface area contributed by atoms with E-state index in [2.05, 4.69) is 4.90 Å². The van der Waals surface area contributed by atoms with Gasteiger partial charge in [-0.25, -0.2) is 4.39 Å². The Balaban J connectivity index is 1.38. The van der Waals surface area contributed by atoms with Crippen molar-refractivity contribution in [3.8, 4) is 0 Å². The number of halogens is 1. The molecule has 0 spiro atoms. The lowest BCUT2D eigenvalue weighted by atomic mass is 9.86. The van der Waals surface area contributed by atoms with E-state index in [-0.39, 0.29) is 16.8 Å². The Hall–Kier alpha value is -1.42. The number of hydrogen-bond acceptors (Lipinski definition) is 2. The molecule has 3 aliphatic rings. The maximum atomic E-state index is 13.0. The molecule has 0 atom stereocenters. The summed E-state index contributed by atoms with van der Waals surface area (Å²) in [5, 5.41) is 0. The zero-order valence-electron chi connectivity index (χ0n) is 13.6. The first-order valence-corrected chi connectivity index (χ1v) is 8.84. The molecule has 4 rings (SSSR count). The van der Waals surface area contributed by atoms with Crippen molar-refractivity contribution in [1.82, 2.24) is 4.90 Å². The number of carbonyl (C=O) groups excluding carboxylic acids is 1. The van der Waals surface area contributed by atoms with Crippen LogP contribution in [0.3, 0.4) is 0 Å². The number of carbonyl (C=O) groups is 1. The third kappa shape index (κ3) is 2.89. The minimum absolute atomic E-state index is 0.0838. The fraction of sp³-hybridized carbons (Fsp3) is 0.632. The summed E-state index contributed by atoms with van der Waals surface area (Å²) in [5.74, 6) is 0.684. The molecule has 2 saturated carbocycles. The molecule has 0 bridgehead atoms. The lowest BCUT2D eigenvalue weighted by Gasteiger charge is -2.37. The van der Waals surface area contributed by atoms with Gasteiger partial charge in [-0.15, -0.1) is 0 Å². The van der Waals surface area contributed by atoms with Crippen molar-refractivity contribution in [3.05, 3.63) is 35.6 Å². The van der Waals surface area contributed by atoms with Crippen molar-refractivity contribution >= 4 is 5.91 Å². The monoisotopic (exact) mass is 316 g/mol. The first kappa shape index (κ1) is 15.1. The quantitative estimate of drug-likeness (QED) is 0.928. The minimum atomic E-state index is -0.220. The molecule has 2 N–H and O–H groups in total. The van der Waals surface area contributed by atoms with E-state index in [4.69, 9.17) is 5.73 Å². The maximum Gasteiger partial charge on any atom is 0.229 e. The largest absolute Gasteiger partial charge is 0.342 e. The van der Waals surface area contributed by atoms with Crippen LogP contribution in [0.5, 0.6) is 0 Å². The van der Waals surface area contributed by atoms with Gasteiger partial charge >= 0.3 is 0 Å². The molecule has 2 aliphatic carbocycles. The number of benzene rings is 1. The normalized spacial score (nSPS) is 25.2. The van der Waals surface area contributed by atoms with E-state index in [0.717, 1.165) is 63.6 Å². The SMILES string of the molecule is NC1(C2CCN(C(=O)C3(Cc4ccc(F)cc4)CC3)CC2)CC1. The van der Waals surface area contributed by atoms with E-state index in [1.807, 2.05) is 0 Å². The van der Waals surface area contributed by atoms with Crippen LogP contribution in [0.25, 0.3) is 0 Å². The molecule has 1 aliphatic heterocycles. The summed E-state index contributed by atoms with van der Waals surface area (Å²) in [7, 11) is 0. The van der Waals surface area contributed by atoms with Crippen LogP contribution >= 0.6 is 0 Å². The number of likely N-dealkylation sites (tertiary alicyclic amines) is 1. The number of piperidine rings is 1. The average Bonchev–Trinajstić information content (AvgIpc) is 3.48. The molecule has 23 heavy (non-hydrogen) atoms. The smallest absolute Gasteiger partial charge is 0.229 e. The van der Waals surface area contributed by atoms with Gasteiger partial charge in [-0.1, -0.05) is 12.1 Å². The molecule has 3 nitrogen and oxygen atoms in total. The summed E-state index contributed by atoms with van der Waals surface area (Å²) in [6.07, 6.45) is 7.07. The molecule has 0 aromatic heterocycles. The van der Waals surface area contributed by atoms with Gasteiger partial charge in [0.2, 0.25) is 5.91 Å². The number of rotatable bonds is 4.